The summed E-state index contributed by atoms with van der Waals surface area (Å²) in [4.78, 5) is 36.8. The predicted octanol–water partition coefficient (Wildman–Crippen LogP) is 3.44. The summed E-state index contributed by atoms with van der Waals surface area (Å²) in [5.41, 5.74) is 0.301. The molecule has 0 aliphatic carbocycles. The number of nitro benzene ring substituents is 1. The van der Waals surface area contributed by atoms with Gasteiger partial charge in [-0.1, -0.05) is 12.1 Å². The largest absolute Gasteiger partial charge is 0.282 e. The number of rotatable bonds is 3. The molecule has 2 aromatic carbocycles. The van der Waals surface area contributed by atoms with Crippen molar-refractivity contribution < 1.29 is 14.5 Å². The highest BCUT2D eigenvalue weighted by Gasteiger charge is 2.34. The number of imide groups is 1. The Balaban J connectivity index is 1.89. The van der Waals surface area contributed by atoms with Gasteiger partial charge in [0.05, 0.1) is 27.7 Å². The molecule has 0 saturated carbocycles. The minimum Gasteiger partial charge on any atom is -0.267 e. The summed E-state index contributed by atoms with van der Waals surface area (Å²) < 4.78 is 0. The molecule has 0 radical (unpaired) electrons. The van der Waals surface area contributed by atoms with E-state index in [1.807, 2.05) is 17.5 Å². The Morgan fingerprint density at radius 1 is 1.04 bits per heavy atom. The number of thiophene rings is 1. The average Bonchev–Trinajstić information content (AvgIpc) is 3.12. The molecule has 0 bridgehead atoms. The van der Waals surface area contributed by atoms with Gasteiger partial charge in [0, 0.05) is 16.3 Å². The van der Waals surface area contributed by atoms with Crippen LogP contribution in [0.1, 0.15) is 25.6 Å². The molecule has 7 nitrogen and oxygen atoms in total. The van der Waals surface area contributed by atoms with Crippen LogP contribution in [0.3, 0.4) is 0 Å². The maximum Gasteiger partial charge on any atom is 0.282 e. The molecule has 25 heavy (non-hydrogen) atoms. The van der Waals surface area contributed by atoms with Crippen LogP contribution in [-0.4, -0.2) is 28.0 Å². The van der Waals surface area contributed by atoms with Gasteiger partial charge in [-0.2, -0.15) is 10.1 Å². The molecule has 2 amide bonds. The Labute approximate surface area is 145 Å². The summed E-state index contributed by atoms with van der Waals surface area (Å²) in [5.74, 6) is -1.20. The molecular weight excluding hydrogens is 342 g/mol. The fraction of sp³-hybridized carbons (Fsp3) is 0. The number of carbonyl (C=O) groups is 2. The van der Waals surface area contributed by atoms with Gasteiger partial charge in [-0.25, -0.2) is 0 Å². The number of non-ortho nitro benzene ring substituents is 1. The summed E-state index contributed by atoms with van der Waals surface area (Å²) in [6.45, 7) is 0. The fourth-order valence-electron chi connectivity index (χ4n) is 2.81. The first-order valence-electron chi connectivity index (χ1n) is 7.24. The summed E-state index contributed by atoms with van der Waals surface area (Å²) in [6, 6.07) is 10.9. The molecule has 0 fully saturated rings. The number of nitro groups is 1. The topological polar surface area (TPSA) is 92.9 Å². The van der Waals surface area contributed by atoms with Gasteiger partial charge < -0.3 is 0 Å². The monoisotopic (exact) mass is 351 g/mol. The molecule has 1 aromatic heterocycles. The van der Waals surface area contributed by atoms with Crippen LogP contribution in [0.5, 0.6) is 0 Å². The summed E-state index contributed by atoms with van der Waals surface area (Å²) >= 11 is 1.43. The zero-order chi connectivity index (χ0) is 17.6. The SMILES string of the molecule is O=C1c2cccc3c([N+](=O)[O-])ccc(c23)C(=O)N1N=Cc1cccs1. The van der Waals surface area contributed by atoms with E-state index >= 15 is 0 Å². The third-order valence-corrected chi connectivity index (χ3v) is 4.71. The molecule has 3 aromatic rings. The van der Waals surface area contributed by atoms with Gasteiger partial charge in [-0.3, -0.25) is 19.7 Å². The van der Waals surface area contributed by atoms with Crippen LogP contribution >= 0.6 is 11.3 Å². The Kier molecular flexibility index (Phi) is 3.40. The molecule has 8 heteroatoms. The van der Waals surface area contributed by atoms with Gasteiger partial charge in [0.2, 0.25) is 0 Å². The molecule has 0 unspecified atom stereocenters. The number of nitrogens with zero attached hydrogens (tertiary/aromatic N) is 3. The second-order valence-corrected chi connectivity index (χ2v) is 6.28. The number of hydrogen-bond acceptors (Lipinski definition) is 6. The van der Waals surface area contributed by atoms with Gasteiger partial charge in [0.25, 0.3) is 17.5 Å². The molecule has 1 aliphatic heterocycles. The molecule has 2 heterocycles. The second kappa shape index (κ2) is 5.60. The third-order valence-electron chi connectivity index (χ3n) is 3.90. The first kappa shape index (κ1) is 15.2. The van der Waals surface area contributed by atoms with Gasteiger partial charge in [-0.05, 0) is 29.6 Å². The van der Waals surface area contributed by atoms with Crippen LogP contribution in [-0.2, 0) is 0 Å². The molecule has 122 valence electrons. The van der Waals surface area contributed by atoms with E-state index in [4.69, 9.17) is 0 Å². The van der Waals surface area contributed by atoms with Crippen molar-refractivity contribution in [3.63, 3.8) is 0 Å². The van der Waals surface area contributed by atoms with Gasteiger partial charge >= 0.3 is 0 Å². The molecule has 1 aliphatic rings. The van der Waals surface area contributed by atoms with Crippen molar-refractivity contribution in [3.8, 4) is 0 Å². The van der Waals surface area contributed by atoms with Crippen molar-refractivity contribution in [1.82, 2.24) is 5.01 Å². The number of benzene rings is 2. The summed E-state index contributed by atoms with van der Waals surface area (Å²) in [7, 11) is 0. The maximum atomic E-state index is 12.7. The number of carbonyl (C=O) groups excluding carboxylic acids is 2. The molecule has 4 rings (SSSR count). The first-order valence-corrected chi connectivity index (χ1v) is 8.12. The van der Waals surface area contributed by atoms with E-state index in [-0.39, 0.29) is 22.2 Å². The van der Waals surface area contributed by atoms with E-state index in [9.17, 15) is 19.7 Å². The number of amides is 2. The van der Waals surface area contributed by atoms with Crippen molar-refractivity contribution in [2.45, 2.75) is 0 Å². The lowest BCUT2D eigenvalue weighted by Gasteiger charge is -2.22. The molecular formula is C17H9N3O4S. The quantitative estimate of drug-likeness (QED) is 0.313. The smallest absolute Gasteiger partial charge is 0.267 e. The highest BCUT2D eigenvalue weighted by atomic mass is 32.1. The third kappa shape index (κ3) is 2.31. The van der Waals surface area contributed by atoms with E-state index in [1.54, 1.807) is 6.07 Å². The molecule has 0 atom stereocenters. The van der Waals surface area contributed by atoms with Crippen LogP contribution in [0, 0.1) is 10.1 Å². The summed E-state index contributed by atoms with van der Waals surface area (Å²) in [5, 5.41) is 18.4. The molecule has 0 saturated heterocycles. The number of hydrazone groups is 1. The predicted molar refractivity (Wildman–Crippen MR) is 93.0 cm³/mol. The van der Waals surface area contributed by atoms with Crippen LogP contribution in [0.25, 0.3) is 10.8 Å². The van der Waals surface area contributed by atoms with E-state index < -0.39 is 16.7 Å². The van der Waals surface area contributed by atoms with Crippen molar-refractivity contribution in [1.29, 1.82) is 0 Å². The zero-order valence-electron chi connectivity index (χ0n) is 12.6. The lowest BCUT2D eigenvalue weighted by Crippen LogP contribution is -2.36. The van der Waals surface area contributed by atoms with Crippen LogP contribution in [0.2, 0.25) is 0 Å². The molecule has 0 spiro atoms. The molecule has 0 N–H and O–H groups in total. The van der Waals surface area contributed by atoms with E-state index in [1.165, 1.54) is 41.8 Å². The zero-order valence-corrected chi connectivity index (χ0v) is 13.4. The Morgan fingerprint density at radius 2 is 1.80 bits per heavy atom. The standard InChI is InChI=1S/C17H9N3O4S/c21-16-12-5-1-4-11-14(20(23)24)7-6-13(15(11)12)17(22)19(16)18-9-10-3-2-8-25-10/h1-9H. The second-order valence-electron chi connectivity index (χ2n) is 5.30. The lowest BCUT2D eigenvalue weighted by molar-refractivity contribution is -0.383. The minimum absolute atomic E-state index is 0.142. The van der Waals surface area contributed by atoms with Crippen molar-refractivity contribution in [3.05, 3.63) is 74.0 Å². The summed E-state index contributed by atoms with van der Waals surface area (Å²) in [6.07, 6.45) is 1.44. The van der Waals surface area contributed by atoms with Crippen molar-refractivity contribution in [2.75, 3.05) is 0 Å². The van der Waals surface area contributed by atoms with E-state index in [0.29, 0.717) is 5.39 Å². The highest BCUT2D eigenvalue weighted by molar-refractivity contribution is 7.11. The van der Waals surface area contributed by atoms with E-state index in [0.717, 1.165) is 9.89 Å². The van der Waals surface area contributed by atoms with Gasteiger partial charge in [0.15, 0.2) is 0 Å². The van der Waals surface area contributed by atoms with Crippen molar-refractivity contribution >= 4 is 45.8 Å². The Bertz CT molecular complexity index is 1050. The number of hydrogen-bond donors (Lipinski definition) is 0. The Morgan fingerprint density at radius 3 is 2.48 bits per heavy atom. The van der Waals surface area contributed by atoms with Crippen LogP contribution < -0.4 is 0 Å². The first-order chi connectivity index (χ1) is 12.1. The van der Waals surface area contributed by atoms with E-state index in [2.05, 4.69) is 5.10 Å². The normalized spacial score (nSPS) is 13.8. The van der Waals surface area contributed by atoms with Gasteiger partial charge in [0.1, 0.15) is 0 Å². The maximum absolute atomic E-state index is 12.7. The van der Waals surface area contributed by atoms with Crippen LogP contribution in [0.4, 0.5) is 5.69 Å². The average molecular weight is 351 g/mol. The highest BCUT2D eigenvalue weighted by Crippen LogP contribution is 2.35. The lowest BCUT2D eigenvalue weighted by atomic mass is 9.94. The fourth-order valence-corrected chi connectivity index (χ4v) is 3.39. The Hall–Kier alpha value is -3.39. The minimum atomic E-state index is -0.601. The van der Waals surface area contributed by atoms with Crippen LogP contribution in [0.15, 0.2) is 52.9 Å². The van der Waals surface area contributed by atoms with Crippen molar-refractivity contribution in [2.24, 2.45) is 5.10 Å². The van der Waals surface area contributed by atoms with Gasteiger partial charge in [-0.15, -0.1) is 11.3 Å².